The lowest BCUT2D eigenvalue weighted by molar-refractivity contribution is 0.272. The highest BCUT2D eigenvalue weighted by Gasteiger charge is 2.37. The highest BCUT2D eigenvalue weighted by molar-refractivity contribution is 6.74. The van der Waals surface area contributed by atoms with Crippen LogP contribution in [0.4, 0.5) is 0 Å². The van der Waals surface area contributed by atoms with Crippen LogP contribution in [-0.2, 0) is 16.9 Å². The maximum atomic E-state index is 6.11. The lowest BCUT2D eigenvalue weighted by atomic mass is 10.2. The molecule has 0 saturated heterocycles. The van der Waals surface area contributed by atoms with Crippen LogP contribution in [-0.4, -0.2) is 13.3 Å². The highest BCUT2D eigenvalue weighted by atomic mass is 35.5. The van der Waals surface area contributed by atoms with Crippen molar-refractivity contribution >= 4 is 19.9 Å². The summed E-state index contributed by atoms with van der Waals surface area (Å²) in [6.07, 6.45) is 0. The molecule has 0 fully saturated rings. The van der Waals surface area contributed by atoms with Crippen LogP contribution >= 0.6 is 11.6 Å². The van der Waals surface area contributed by atoms with Gasteiger partial charge in [-0.2, -0.15) is 0 Å². The lowest BCUT2D eigenvalue weighted by Crippen LogP contribution is -2.40. The normalized spacial score (nSPS) is 12.8. The van der Waals surface area contributed by atoms with Crippen molar-refractivity contribution in [1.29, 1.82) is 0 Å². The Morgan fingerprint density at radius 3 is 2.35 bits per heavy atom. The minimum absolute atomic E-state index is 0.233. The van der Waals surface area contributed by atoms with Gasteiger partial charge in [-0.15, -0.1) is 11.6 Å². The predicted octanol–water partition coefficient (Wildman–Crippen LogP) is 4.34. The Bertz CT molecular complexity index is 374. The summed E-state index contributed by atoms with van der Waals surface area (Å²) in [7, 11) is -1.69. The minimum atomic E-state index is -1.69. The number of pyridine rings is 1. The lowest BCUT2D eigenvalue weighted by Gasteiger charge is -2.36. The second kappa shape index (κ2) is 5.51. The van der Waals surface area contributed by atoms with E-state index in [-0.39, 0.29) is 5.04 Å². The van der Waals surface area contributed by atoms with Crippen molar-refractivity contribution in [3.63, 3.8) is 0 Å². The van der Waals surface area contributed by atoms with Gasteiger partial charge in [0.15, 0.2) is 8.32 Å². The summed E-state index contributed by atoms with van der Waals surface area (Å²) in [6, 6.07) is 5.90. The average Bonchev–Trinajstić information content (AvgIpc) is 2.25. The van der Waals surface area contributed by atoms with E-state index >= 15 is 0 Å². The summed E-state index contributed by atoms with van der Waals surface area (Å²) in [5.74, 6) is 0.452. The van der Waals surface area contributed by atoms with Crippen LogP contribution in [0.15, 0.2) is 18.2 Å². The second-order valence-electron chi connectivity index (χ2n) is 5.80. The fourth-order valence-corrected chi connectivity index (χ4v) is 2.25. The first-order valence-electron chi connectivity index (χ1n) is 5.91. The van der Waals surface area contributed by atoms with Crippen LogP contribution in [0, 0.1) is 0 Å². The number of hydrogen-bond donors (Lipinski definition) is 0. The van der Waals surface area contributed by atoms with Gasteiger partial charge in [0.1, 0.15) is 0 Å². The first kappa shape index (κ1) is 14.7. The molecule has 1 heterocycles. The fourth-order valence-electron chi connectivity index (χ4n) is 1.15. The van der Waals surface area contributed by atoms with Crippen molar-refractivity contribution < 1.29 is 4.43 Å². The second-order valence-corrected chi connectivity index (χ2v) is 10.9. The van der Waals surface area contributed by atoms with Gasteiger partial charge >= 0.3 is 0 Å². The van der Waals surface area contributed by atoms with Crippen molar-refractivity contribution in [3.8, 4) is 0 Å². The Balaban J connectivity index is 2.67. The molecule has 96 valence electrons. The van der Waals surface area contributed by atoms with Gasteiger partial charge in [0.2, 0.25) is 0 Å². The number of hydrogen-bond acceptors (Lipinski definition) is 2. The van der Waals surface area contributed by atoms with Crippen molar-refractivity contribution in [2.75, 3.05) is 0 Å². The topological polar surface area (TPSA) is 22.1 Å². The maximum Gasteiger partial charge on any atom is 0.192 e. The molecule has 0 bridgehead atoms. The van der Waals surface area contributed by atoms with Crippen molar-refractivity contribution in [2.45, 2.75) is 51.4 Å². The van der Waals surface area contributed by atoms with Crippen molar-refractivity contribution in [2.24, 2.45) is 0 Å². The Morgan fingerprint density at radius 2 is 1.82 bits per heavy atom. The molecule has 1 rings (SSSR count). The molecule has 0 unspecified atom stereocenters. The Kier molecular flexibility index (Phi) is 4.75. The summed E-state index contributed by atoms with van der Waals surface area (Å²) in [4.78, 5) is 4.44. The number of halogens is 1. The van der Waals surface area contributed by atoms with E-state index in [1.807, 2.05) is 18.2 Å². The van der Waals surface area contributed by atoms with Gasteiger partial charge in [-0.1, -0.05) is 26.8 Å². The van der Waals surface area contributed by atoms with Crippen molar-refractivity contribution in [3.05, 3.63) is 29.6 Å². The van der Waals surface area contributed by atoms with E-state index in [0.29, 0.717) is 12.5 Å². The molecular formula is C13H22ClNOSi. The quantitative estimate of drug-likeness (QED) is 0.600. The van der Waals surface area contributed by atoms with Crippen LogP contribution in [0.3, 0.4) is 0 Å². The molecule has 0 saturated carbocycles. The zero-order chi connectivity index (χ0) is 13.1. The minimum Gasteiger partial charge on any atom is -0.411 e. The third kappa shape index (κ3) is 4.09. The molecule has 1 aromatic heterocycles. The van der Waals surface area contributed by atoms with E-state index in [4.69, 9.17) is 16.0 Å². The van der Waals surface area contributed by atoms with Gasteiger partial charge in [0, 0.05) is 0 Å². The van der Waals surface area contributed by atoms with Crippen LogP contribution < -0.4 is 0 Å². The van der Waals surface area contributed by atoms with Crippen LogP contribution in [0.25, 0.3) is 0 Å². The Morgan fingerprint density at radius 1 is 1.24 bits per heavy atom. The smallest absolute Gasteiger partial charge is 0.192 e. The van der Waals surface area contributed by atoms with Gasteiger partial charge in [-0.05, 0) is 30.3 Å². The predicted molar refractivity (Wildman–Crippen MR) is 75.8 cm³/mol. The number of alkyl halides is 1. The maximum absolute atomic E-state index is 6.11. The van der Waals surface area contributed by atoms with E-state index in [1.165, 1.54) is 0 Å². The van der Waals surface area contributed by atoms with Gasteiger partial charge in [-0.3, -0.25) is 4.98 Å². The molecule has 2 nitrogen and oxygen atoms in total. The third-order valence-corrected chi connectivity index (χ3v) is 8.14. The molecule has 0 aromatic carbocycles. The number of nitrogens with zero attached hydrogens (tertiary/aromatic N) is 1. The van der Waals surface area contributed by atoms with Crippen LogP contribution in [0.2, 0.25) is 18.1 Å². The zero-order valence-electron chi connectivity index (χ0n) is 11.4. The SMILES string of the molecule is CC(C)(C)[Si](C)(C)OCc1cccc(CCl)n1. The van der Waals surface area contributed by atoms with E-state index in [0.717, 1.165) is 11.4 Å². The van der Waals surface area contributed by atoms with Crippen LogP contribution in [0.5, 0.6) is 0 Å². The van der Waals surface area contributed by atoms with Gasteiger partial charge < -0.3 is 4.43 Å². The molecule has 0 amide bonds. The van der Waals surface area contributed by atoms with Gasteiger partial charge in [-0.25, -0.2) is 0 Å². The van der Waals surface area contributed by atoms with E-state index in [9.17, 15) is 0 Å². The molecule has 0 atom stereocenters. The fraction of sp³-hybridized carbons (Fsp3) is 0.615. The highest BCUT2D eigenvalue weighted by Crippen LogP contribution is 2.36. The number of aromatic nitrogens is 1. The molecule has 0 aliphatic heterocycles. The standard InChI is InChI=1S/C13H22ClNOSi/c1-13(2,3)17(4,5)16-10-12-8-6-7-11(9-14)15-12/h6-8H,9-10H2,1-5H3. The van der Waals surface area contributed by atoms with Crippen LogP contribution in [0.1, 0.15) is 32.2 Å². The van der Waals surface area contributed by atoms with E-state index < -0.39 is 8.32 Å². The van der Waals surface area contributed by atoms with E-state index in [1.54, 1.807) is 0 Å². The molecule has 0 aliphatic rings. The zero-order valence-corrected chi connectivity index (χ0v) is 13.1. The molecular weight excluding hydrogens is 250 g/mol. The first-order valence-corrected chi connectivity index (χ1v) is 9.35. The molecule has 0 radical (unpaired) electrons. The van der Waals surface area contributed by atoms with Gasteiger partial charge in [0.05, 0.1) is 23.9 Å². The summed E-state index contributed by atoms with van der Waals surface area (Å²) in [5, 5.41) is 0.233. The Labute approximate surface area is 110 Å². The summed E-state index contributed by atoms with van der Waals surface area (Å²) in [6.45, 7) is 11.8. The summed E-state index contributed by atoms with van der Waals surface area (Å²) < 4.78 is 6.11. The largest absolute Gasteiger partial charge is 0.411 e. The Hall–Kier alpha value is -0.383. The molecule has 0 N–H and O–H groups in total. The van der Waals surface area contributed by atoms with E-state index in [2.05, 4.69) is 38.8 Å². The van der Waals surface area contributed by atoms with Crippen molar-refractivity contribution in [1.82, 2.24) is 4.98 Å². The van der Waals surface area contributed by atoms with Gasteiger partial charge in [0.25, 0.3) is 0 Å². The summed E-state index contributed by atoms with van der Waals surface area (Å²) in [5.41, 5.74) is 1.87. The molecule has 1 aromatic rings. The monoisotopic (exact) mass is 271 g/mol. The molecule has 4 heteroatoms. The molecule has 0 spiro atoms. The number of rotatable bonds is 4. The molecule has 17 heavy (non-hydrogen) atoms. The molecule has 0 aliphatic carbocycles. The first-order chi connectivity index (χ1) is 7.76. The average molecular weight is 272 g/mol. The summed E-state index contributed by atoms with van der Waals surface area (Å²) >= 11 is 5.77. The third-order valence-electron chi connectivity index (χ3n) is 3.39.